The number of carbonyl (C=O) groups excluding carboxylic acids is 1. The number of anilines is 1. The molecule has 1 aromatic heterocycles. The van der Waals surface area contributed by atoms with Crippen LogP contribution in [0.5, 0.6) is 11.5 Å². The van der Waals surface area contributed by atoms with Gasteiger partial charge in [-0.05, 0) is 81.6 Å². The monoisotopic (exact) mass is 464 g/mol. The predicted molar refractivity (Wildman–Crippen MR) is 136 cm³/mol. The summed E-state index contributed by atoms with van der Waals surface area (Å²) < 4.78 is 17.1. The van der Waals surface area contributed by atoms with Gasteiger partial charge < -0.3 is 18.8 Å². The molecule has 0 bridgehead atoms. The molecule has 4 rings (SSSR count). The Kier molecular flexibility index (Phi) is 8.47. The van der Waals surface area contributed by atoms with Crippen LogP contribution in [0, 0.1) is 0 Å². The Morgan fingerprint density at radius 3 is 2.62 bits per heavy atom. The minimum Gasteiger partial charge on any atom is -0.490 e. The van der Waals surface area contributed by atoms with Crippen LogP contribution in [-0.2, 0) is 0 Å². The highest BCUT2D eigenvalue weighted by molar-refractivity contribution is 5.92. The van der Waals surface area contributed by atoms with Gasteiger partial charge in [0.15, 0.2) is 11.5 Å². The van der Waals surface area contributed by atoms with Crippen LogP contribution in [0.2, 0.25) is 0 Å². The number of nitrogens with one attached hydrogen (secondary N) is 1. The summed E-state index contributed by atoms with van der Waals surface area (Å²) in [5.41, 5.74) is 2.76. The van der Waals surface area contributed by atoms with E-state index >= 15 is 0 Å². The molecule has 0 spiro atoms. The molecule has 2 aromatic carbocycles. The minimum absolute atomic E-state index is 0.407. The third-order valence-corrected chi connectivity index (χ3v) is 6.47. The zero-order chi connectivity index (χ0) is 23.8. The SMILES string of the molecule is CCCCCN1CCC(c2coc3ccc(NC(=O)Oc4ccccc4OCCC)cc23)CC1. The first-order valence-electron chi connectivity index (χ1n) is 12.6. The van der Waals surface area contributed by atoms with Crippen molar-refractivity contribution < 1.29 is 18.7 Å². The van der Waals surface area contributed by atoms with Gasteiger partial charge in [-0.25, -0.2) is 4.79 Å². The molecule has 1 fully saturated rings. The van der Waals surface area contributed by atoms with Crippen LogP contribution in [0.1, 0.15) is 63.9 Å². The van der Waals surface area contributed by atoms with Gasteiger partial charge in [-0.15, -0.1) is 0 Å². The summed E-state index contributed by atoms with van der Waals surface area (Å²) in [4.78, 5) is 15.2. The lowest BCUT2D eigenvalue weighted by Crippen LogP contribution is -2.33. The zero-order valence-corrected chi connectivity index (χ0v) is 20.3. The van der Waals surface area contributed by atoms with Crippen LogP contribution in [0.25, 0.3) is 11.0 Å². The second kappa shape index (κ2) is 11.9. The van der Waals surface area contributed by atoms with Crippen molar-refractivity contribution in [1.29, 1.82) is 0 Å². The second-order valence-electron chi connectivity index (χ2n) is 9.03. The molecule has 1 aliphatic heterocycles. The van der Waals surface area contributed by atoms with Gasteiger partial charge in [0.1, 0.15) is 5.58 Å². The van der Waals surface area contributed by atoms with Gasteiger partial charge in [-0.1, -0.05) is 38.8 Å². The lowest BCUT2D eigenvalue weighted by molar-refractivity contribution is 0.208. The van der Waals surface area contributed by atoms with Crippen LogP contribution in [0.15, 0.2) is 53.1 Å². The maximum absolute atomic E-state index is 12.6. The third-order valence-electron chi connectivity index (χ3n) is 6.47. The number of fused-ring (bicyclic) bond motifs is 1. The summed E-state index contributed by atoms with van der Waals surface area (Å²) in [6.45, 7) is 8.32. The Labute approximate surface area is 202 Å². The Hall–Kier alpha value is -2.99. The molecular formula is C28H36N2O4. The summed E-state index contributed by atoms with van der Waals surface area (Å²) in [6, 6.07) is 13.0. The van der Waals surface area contributed by atoms with Crippen LogP contribution < -0.4 is 14.8 Å². The highest BCUT2D eigenvalue weighted by Gasteiger charge is 2.23. The summed E-state index contributed by atoms with van der Waals surface area (Å²) in [7, 11) is 0. The number of unbranched alkanes of at least 4 members (excludes halogenated alkanes) is 2. The van der Waals surface area contributed by atoms with Gasteiger partial charge in [0, 0.05) is 16.6 Å². The molecule has 1 saturated heterocycles. The summed E-state index contributed by atoms with van der Waals surface area (Å²) in [6.07, 6.45) is 8.36. The number of ether oxygens (including phenoxy) is 2. The maximum Gasteiger partial charge on any atom is 0.417 e. The highest BCUT2D eigenvalue weighted by Crippen LogP contribution is 2.36. The quantitative estimate of drug-likeness (QED) is 0.321. The number of furan rings is 1. The number of hydrogen-bond donors (Lipinski definition) is 1. The first-order valence-corrected chi connectivity index (χ1v) is 12.6. The third kappa shape index (κ3) is 6.11. The highest BCUT2D eigenvalue weighted by atomic mass is 16.6. The van der Waals surface area contributed by atoms with Gasteiger partial charge in [-0.3, -0.25) is 5.32 Å². The van der Waals surface area contributed by atoms with Gasteiger partial charge >= 0.3 is 6.09 Å². The van der Waals surface area contributed by atoms with Crippen molar-refractivity contribution in [3.63, 3.8) is 0 Å². The summed E-state index contributed by atoms with van der Waals surface area (Å²) in [5.74, 6) is 1.45. The Morgan fingerprint density at radius 2 is 1.85 bits per heavy atom. The van der Waals surface area contributed by atoms with Gasteiger partial charge in [-0.2, -0.15) is 0 Å². The number of likely N-dealkylation sites (tertiary alicyclic amines) is 1. The van der Waals surface area contributed by atoms with Crippen molar-refractivity contribution in [2.24, 2.45) is 0 Å². The van der Waals surface area contributed by atoms with Crippen molar-refractivity contribution in [2.45, 2.75) is 58.3 Å². The van der Waals surface area contributed by atoms with E-state index in [1.54, 1.807) is 12.1 Å². The summed E-state index contributed by atoms with van der Waals surface area (Å²) in [5, 5.41) is 3.92. The van der Waals surface area contributed by atoms with Crippen LogP contribution >= 0.6 is 0 Å². The van der Waals surface area contributed by atoms with Crippen molar-refractivity contribution in [3.05, 3.63) is 54.3 Å². The molecule has 3 aromatic rings. The van der Waals surface area contributed by atoms with Gasteiger partial charge in [0.2, 0.25) is 0 Å². The molecule has 6 heteroatoms. The van der Waals surface area contributed by atoms with Crippen molar-refractivity contribution >= 4 is 22.7 Å². The second-order valence-corrected chi connectivity index (χ2v) is 9.03. The smallest absolute Gasteiger partial charge is 0.417 e. The van der Waals surface area contributed by atoms with Crippen LogP contribution in [-0.4, -0.2) is 37.2 Å². The van der Waals surface area contributed by atoms with Crippen LogP contribution in [0.4, 0.5) is 10.5 Å². The Bertz CT molecular complexity index is 1070. The first-order chi connectivity index (χ1) is 16.7. The minimum atomic E-state index is -0.544. The molecule has 1 aliphatic rings. The molecule has 1 N–H and O–H groups in total. The standard InChI is InChI=1S/C28H36N2O4/c1-3-5-8-15-30-16-13-21(14-17-30)24-20-33-25-12-11-22(19-23(24)25)29-28(31)34-27-10-7-6-9-26(27)32-18-4-2/h6-7,9-12,19-21H,3-5,8,13-18H2,1-2H3,(H,29,31). The maximum atomic E-state index is 12.6. The molecule has 0 aliphatic carbocycles. The number of piperidine rings is 1. The van der Waals surface area contributed by atoms with E-state index in [9.17, 15) is 4.79 Å². The van der Waals surface area contributed by atoms with Crippen molar-refractivity contribution in [2.75, 3.05) is 31.6 Å². The Balaban J connectivity index is 1.40. The number of rotatable bonds is 10. The van der Waals surface area contributed by atoms with Crippen molar-refractivity contribution in [1.82, 2.24) is 4.90 Å². The van der Waals surface area contributed by atoms with Gasteiger partial charge in [0.25, 0.3) is 0 Å². The van der Waals surface area contributed by atoms with E-state index in [0.717, 1.165) is 43.3 Å². The molecule has 0 atom stereocenters. The number of carbonyl (C=O) groups is 1. The molecular weight excluding hydrogens is 428 g/mol. The average Bonchev–Trinajstić information content (AvgIpc) is 3.27. The summed E-state index contributed by atoms with van der Waals surface area (Å²) >= 11 is 0. The first kappa shape index (κ1) is 24.1. The van der Waals surface area contributed by atoms with E-state index < -0.39 is 6.09 Å². The van der Waals surface area contributed by atoms with E-state index in [0.29, 0.717) is 29.7 Å². The molecule has 34 heavy (non-hydrogen) atoms. The van der Waals surface area contributed by atoms with E-state index in [1.165, 1.54) is 31.4 Å². The molecule has 0 unspecified atom stereocenters. The normalized spacial score (nSPS) is 14.9. The fraction of sp³-hybridized carbons (Fsp3) is 0.464. The molecule has 0 radical (unpaired) electrons. The number of hydrogen-bond acceptors (Lipinski definition) is 5. The molecule has 1 amide bonds. The molecule has 6 nitrogen and oxygen atoms in total. The fourth-order valence-electron chi connectivity index (χ4n) is 4.60. The topological polar surface area (TPSA) is 63.9 Å². The molecule has 0 saturated carbocycles. The fourth-order valence-corrected chi connectivity index (χ4v) is 4.60. The molecule has 2 heterocycles. The van der Waals surface area contributed by atoms with Gasteiger partial charge in [0.05, 0.1) is 12.9 Å². The van der Waals surface area contributed by atoms with Crippen molar-refractivity contribution in [3.8, 4) is 11.5 Å². The van der Waals surface area contributed by atoms with E-state index in [4.69, 9.17) is 13.9 Å². The molecule has 182 valence electrons. The average molecular weight is 465 g/mol. The number of amides is 1. The lowest BCUT2D eigenvalue weighted by atomic mass is 9.89. The number of para-hydroxylation sites is 2. The van der Waals surface area contributed by atoms with E-state index in [2.05, 4.69) is 17.1 Å². The number of benzene rings is 2. The van der Waals surface area contributed by atoms with Crippen LogP contribution in [0.3, 0.4) is 0 Å². The van der Waals surface area contributed by atoms with E-state index in [-0.39, 0.29) is 0 Å². The number of nitrogens with zero attached hydrogens (tertiary/aromatic N) is 1. The van der Waals surface area contributed by atoms with E-state index in [1.807, 2.05) is 43.5 Å². The largest absolute Gasteiger partial charge is 0.490 e. The Morgan fingerprint density at radius 1 is 1.06 bits per heavy atom. The lowest BCUT2D eigenvalue weighted by Gasteiger charge is -2.31. The zero-order valence-electron chi connectivity index (χ0n) is 20.3. The predicted octanol–water partition coefficient (Wildman–Crippen LogP) is 7.20.